The summed E-state index contributed by atoms with van der Waals surface area (Å²) in [5.74, 6) is 0.232. The van der Waals surface area contributed by atoms with E-state index in [9.17, 15) is 14.7 Å². The minimum atomic E-state index is -0.629. The topological polar surface area (TPSA) is 70.1 Å². The lowest BCUT2D eigenvalue weighted by molar-refractivity contribution is -0.138. The fourth-order valence-electron chi connectivity index (χ4n) is 3.13. The Morgan fingerprint density at radius 3 is 2.52 bits per heavy atom. The van der Waals surface area contributed by atoms with E-state index in [2.05, 4.69) is 20.4 Å². The predicted octanol–water partition coefficient (Wildman–Crippen LogP) is 2.81. The normalized spacial score (nSPS) is 20.4. The highest BCUT2D eigenvalue weighted by Crippen LogP contribution is 2.22. The molecule has 1 aliphatic rings. The Bertz CT molecular complexity index is 471. The van der Waals surface area contributed by atoms with Gasteiger partial charge in [0.2, 0.25) is 5.91 Å². The second-order valence-corrected chi connectivity index (χ2v) is 8.07. The molecule has 6 nitrogen and oxygen atoms in total. The standard InChI is InChI=1S/C19H34N2O4/c1-7-9-16-17(23)20(15(13-22)12-14(2)3)10-8-11-21(16)18(24)25-19(4,5)6/h7,14-16,22H,1,8-13H2,2-6H3/t15-,16-/m0/s1. The Balaban J connectivity index is 3.04. The van der Waals surface area contributed by atoms with Crippen molar-refractivity contribution in [1.82, 2.24) is 9.80 Å². The van der Waals surface area contributed by atoms with Gasteiger partial charge in [-0.3, -0.25) is 9.69 Å². The molecule has 2 atom stereocenters. The molecular formula is C19H34N2O4. The molecule has 0 aliphatic carbocycles. The van der Waals surface area contributed by atoms with E-state index in [1.165, 1.54) is 4.90 Å². The van der Waals surface area contributed by atoms with Crippen LogP contribution in [-0.4, -0.2) is 64.3 Å². The molecule has 1 saturated heterocycles. The number of hydrogen-bond acceptors (Lipinski definition) is 4. The van der Waals surface area contributed by atoms with Crippen LogP contribution in [0.1, 0.15) is 53.9 Å². The summed E-state index contributed by atoms with van der Waals surface area (Å²) in [6, 6.07) is -0.852. The Kier molecular flexibility index (Phi) is 7.93. The number of carbonyl (C=O) groups excluding carboxylic acids is 2. The molecule has 0 bridgehead atoms. The van der Waals surface area contributed by atoms with Crippen LogP contribution in [0.3, 0.4) is 0 Å². The van der Waals surface area contributed by atoms with Crippen molar-refractivity contribution in [3.63, 3.8) is 0 Å². The van der Waals surface area contributed by atoms with E-state index in [0.717, 1.165) is 6.42 Å². The Labute approximate surface area is 151 Å². The van der Waals surface area contributed by atoms with E-state index in [-0.39, 0.29) is 18.6 Å². The maximum atomic E-state index is 13.1. The SMILES string of the molecule is C=CC[C@H]1C(=O)N([C@H](CO)CC(C)C)CCCN1C(=O)OC(C)(C)C. The van der Waals surface area contributed by atoms with Crippen LogP contribution in [0, 0.1) is 5.92 Å². The number of rotatable bonds is 6. The molecule has 25 heavy (non-hydrogen) atoms. The van der Waals surface area contributed by atoms with Crippen molar-refractivity contribution >= 4 is 12.0 Å². The number of carbonyl (C=O) groups is 2. The third-order valence-electron chi connectivity index (χ3n) is 4.16. The lowest BCUT2D eigenvalue weighted by Gasteiger charge is -2.35. The number of amides is 2. The van der Waals surface area contributed by atoms with E-state index in [1.54, 1.807) is 11.0 Å². The van der Waals surface area contributed by atoms with E-state index in [1.807, 2.05) is 20.8 Å². The Hall–Kier alpha value is -1.56. The molecule has 2 amide bonds. The van der Waals surface area contributed by atoms with Crippen molar-refractivity contribution in [2.75, 3.05) is 19.7 Å². The van der Waals surface area contributed by atoms with Crippen molar-refractivity contribution in [1.29, 1.82) is 0 Å². The molecule has 0 saturated carbocycles. The summed E-state index contributed by atoms with van der Waals surface area (Å²) in [6.07, 6.45) is 2.94. The van der Waals surface area contributed by atoms with Crippen LogP contribution in [0.15, 0.2) is 12.7 Å². The zero-order valence-corrected chi connectivity index (χ0v) is 16.3. The summed E-state index contributed by atoms with van der Waals surface area (Å²) in [7, 11) is 0. The van der Waals surface area contributed by atoms with Gasteiger partial charge < -0.3 is 14.7 Å². The minimum Gasteiger partial charge on any atom is -0.444 e. The van der Waals surface area contributed by atoms with Crippen LogP contribution in [0.4, 0.5) is 4.79 Å². The number of aliphatic hydroxyl groups excluding tert-OH is 1. The third kappa shape index (κ3) is 6.34. The number of aliphatic hydroxyl groups is 1. The average Bonchev–Trinajstić information content (AvgIpc) is 2.64. The van der Waals surface area contributed by atoms with Crippen molar-refractivity contribution in [2.45, 2.75) is 71.6 Å². The summed E-state index contributed by atoms with van der Waals surface area (Å²) in [4.78, 5) is 28.9. The smallest absolute Gasteiger partial charge is 0.410 e. The van der Waals surface area contributed by atoms with Gasteiger partial charge in [0.15, 0.2) is 0 Å². The zero-order valence-electron chi connectivity index (χ0n) is 16.3. The van der Waals surface area contributed by atoms with Crippen molar-refractivity contribution in [3.05, 3.63) is 12.7 Å². The molecule has 1 heterocycles. The molecule has 0 unspecified atom stereocenters. The molecule has 1 fully saturated rings. The molecule has 1 rings (SSSR count). The number of ether oxygens (including phenoxy) is 1. The molecule has 6 heteroatoms. The molecule has 0 aromatic rings. The average molecular weight is 354 g/mol. The molecule has 0 spiro atoms. The largest absolute Gasteiger partial charge is 0.444 e. The minimum absolute atomic E-state index is 0.0723. The second kappa shape index (κ2) is 9.22. The van der Waals surface area contributed by atoms with E-state index < -0.39 is 17.7 Å². The highest BCUT2D eigenvalue weighted by molar-refractivity contribution is 5.86. The van der Waals surface area contributed by atoms with Gasteiger partial charge in [-0.2, -0.15) is 0 Å². The van der Waals surface area contributed by atoms with Crippen LogP contribution in [0.5, 0.6) is 0 Å². The van der Waals surface area contributed by atoms with Gasteiger partial charge in [0.25, 0.3) is 0 Å². The van der Waals surface area contributed by atoms with Gasteiger partial charge in [0.05, 0.1) is 12.6 Å². The molecule has 1 N–H and O–H groups in total. The van der Waals surface area contributed by atoms with Crippen LogP contribution in [-0.2, 0) is 9.53 Å². The summed E-state index contributed by atoms with van der Waals surface area (Å²) in [5, 5.41) is 9.76. The molecule has 0 aromatic heterocycles. The fourth-order valence-corrected chi connectivity index (χ4v) is 3.13. The van der Waals surface area contributed by atoms with Gasteiger partial charge in [-0.1, -0.05) is 19.9 Å². The maximum absolute atomic E-state index is 13.1. The first-order valence-corrected chi connectivity index (χ1v) is 9.12. The predicted molar refractivity (Wildman–Crippen MR) is 98.2 cm³/mol. The highest BCUT2D eigenvalue weighted by Gasteiger charge is 2.38. The Morgan fingerprint density at radius 2 is 2.04 bits per heavy atom. The fraction of sp³-hybridized carbons (Fsp3) is 0.789. The second-order valence-electron chi connectivity index (χ2n) is 8.07. The first-order chi connectivity index (χ1) is 11.6. The summed E-state index contributed by atoms with van der Waals surface area (Å²) in [6.45, 7) is 14.2. The molecule has 1 aliphatic heterocycles. The highest BCUT2D eigenvalue weighted by atomic mass is 16.6. The molecular weight excluding hydrogens is 320 g/mol. The van der Waals surface area contributed by atoms with E-state index in [4.69, 9.17) is 4.74 Å². The van der Waals surface area contributed by atoms with Gasteiger partial charge in [-0.05, 0) is 46.0 Å². The first kappa shape index (κ1) is 21.5. The quantitative estimate of drug-likeness (QED) is 0.745. The van der Waals surface area contributed by atoms with Crippen LogP contribution in [0.25, 0.3) is 0 Å². The van der Waals surface area contributed by atoms with Crippen LogP contribution >= 0.6 is 0 Å². The number of hydrogen-bond donors (Lipinski definition) is 1. The lowest BCUT2D eigenvalue weighted by atomic mass is 10.0. The zero-order chi connectivity index (χ0) is 19.2. The van der Waals surface area contributed by atoms with Crippen molar-refractivity contribution in [3.8, 4) is 0 Å². The summed E-state index contributed by atoms with van der Waals surface area (Å²) in [5.41, 5.74) is -0.615. The van der Waals surface area contributed by atoms with Gasteiger partial charge >= 0.3 is 6.09 Å². The van der Waals surface area contributed by atoms with Crippen LogP contribution < -0.4 is 0 Å². The third-order valence-corrected chi connectivity index (χ3v) is 4.16. The van der Waals surface area contributed by atoms with Crippen LogP contribution in [0.2, 0.25) is 0 Å². The van der Waals surface area contributed by atoms with Gasteiger partial charge in [-0.15, -0.1) is 6.58 Å². The number of nitrogens with zero attached hydrogens (tertiary/aromatic N) is 2. The first-order valence-electron chi connectivity index (χ1n) is 9.12. The monoisotopic (exact) mass is 354 g/mol. The van der Waals surface area contributed by atoms with E-state index >= 15 is 0 Å². The van der Waals surface area contributed by atoms with Gasteiger partial charge in [0, 0.05) is 13.1 Å². The maximum Gasteiger partial charge on any atom is 0.410 e. The van der Waals surface area contributed by atoms with Gasteiger partial charge in [0.1, 0.15) is 11.6 Å². The Morgan fingerprint density at radius 1 is 1.40 bits per heavy atom. The molecule has 0 aromatic carbocycles. The van der Waals surface area contributed by atoms with E-state index in [0.29, 0.717) is 31.8 Å². The summed E-state index contributed by atoms with van der Waals surface area (Å²) >= 11 is 0. The lowest BCUT2D eigenvalue weighted by Crippen LogP contribution is -2.52. The molecule has 144 valence electrons. The van der Waals surface area contributed by atoms with Gasteiger partial charge in [-0.25, -0.2) is 4.79 Å². The van der Waals surface area contributed by atoms with Crippen molar-refractivity contribution < 1.29 is 19.4 Å². The molecule has 0 radical (unpaired) electrons. The van der Waals surface area contributed by atoms with Crippen molar-refractivity contribution in [2.24, 2.45) is 5.92 Å². The summed E-state index contributed by atoms with van der Waals surface area (Å²) < 4.78 is 5.48.